The molecule has 0 radical (unpaired) electrons. The van der Waals surface area contributed by atoms with Crippen LogP contribution in [0.2, 0.25) is 0 Å². The van der Waals surface area contributed by atoms with Crippen molar-refractivity contribution in [2.75, 3.05) is 40.0 Å². The number of amides is 2. The van der Waals surface area contributed by atoms with Crippen LogP contribution in [0.1, 0.15) is 30.4 Å². The number of rotatable bonds is 6. The number of hydrogen-bond acceptors (Lipinski definition) is 9. The van der Waals surface area contributed by atoms with Gasteiger partial charge >= 0.3 is 5.97 Å². The molecular formula is C30H36N4O7. The van der Waals surface area contributed by atoms with Gasteiger partial charge in [0.05, 0.1) is 40.0 Å². The van der Waals surface area contributed by atoms with Crippen LogP contribution in [0.4, 0.5) is 0 Å². The molecule has 2 heterocycles. The zero-order chi connectivity index (χ0) is 29.2. The zero-order valence-corrected chi connectivity index (χ0v) is 23.6. The summed E-state index contributed by atoms with van der Waals surface area (Å²) >= 11 is 0. The Bertz CT molecular complexity index is 1340. The van der Waals surface area contributed by atoms with Crippen LogP contribution in [0.3, 0.4) is 0 Å². The molecule has 2 amide bonds. The minimum absolute atomic E-state index is 0.0692. The van der Waals surface area contributed by atoms with Crippen LogP contribution in [0.25, 0.3) is 11.5 Å². The summed E-state index contributed by atoms with van der Waals surface area (Å²) in [4.78, 5) is 45.1. The molecule has 0 spiro atoms. The van der Waals surface area contributed by atoms with Gasteiger partial charge in [0, 0.05) is 18.5 Å². The third kappa shape index (κ3) is 8.31. The van der Waals surface area contributed by atoms with Crippen LogP contribution >= 0.6 is 0 Å². The van der Waals surface area contributed by atoms with E-state index in [0.717, 1.165) is 5.56 Å². The Balaban J connectivity index is 1.62. The summed E-state index contributed by atoms with van der Waals surface area (Å²) in [5, 5.41) is 5.74. The van der Waals surface area contributed by atoms with Gasteiger partial charge in [-0.2, -0.15) is 0 Å². The SMILES string of the molecule is CCOC(=O)CN1CCCOc2cc(ccc2OC)-c2nc(c(C)o2)CNC(=O)[C@@H](Cc2ccccc2)NC(=O)C1. The molecule has 4 bridgehead atoms. The number of carbonyl (C=O) groups excluding carboxylic acids is 3. The molecule has 11 heteroatoms. The first-order valence-corrected chi connectivity index (χ1v) is 13.6. The van der Waals surface area contributed by atoms with Gasteiger partial charge in [-0.05, 0) is 44.0 Å². The predicted octanol–water partition coefficient (Wildman–Crippen LogP) is 2.65. The second-order valence-corrected chi connectivity index (χ2v) is 9.63. The maximum atomic E-state index is 13.3. The topological polar surface area (TPSA) is 132 Å². The summed E-state index contributed by atoms with van der Waals surface area (Å²) in [5.74, 6) is 0.827. The number of hydrogen-bond donors (Lipinski definition) is 2. The highest BCUT2D eigenvalue weighted by Crippen LogP contribution is 2.33. The molecule has 0 saturated carbocycles. The van der Waals surface area contributed by atoms with Gasteiger partial charge in [-0.25, -0.2) is 4.98 Å². The number of aryl methyl sites for hydroxylation is 1. The number of carbonyl (C=O) groups is 3. The lowest BCUT2D eigenvalue weighted by molar-refractivity contribution is -0.145. The Kier molecular flexibility index (Phi) is 10.3. The third-order valence-electron chi connectivity index (χ3n) is 6.57. The Hall–Kier alpha value is -4.38. The first kappa shape index (κ1) is 29.6. The normalized spacial score (nSPS) is 16.9. The van der Waals surface area contributed by atoms with Crippen LogP contribution in [0, 0.1) is 6.92 Å². The fraction of sp³-hybridized carbons (Fsp3) is 0.400. The number of nitrogens with one attached hydrogen (secondary N) is 2. The molecule has 11 nitrogen and oxygen atoms in total. The molecule has 2 aromatic carbocycles. The first-order valence-electron chi connectivity index (χ1n) is 13.6. The Morgan fingerprint density at radius 1 is 1.17 bits per heavy atom. The van der Waals surface area contributed by atoms with Crippen molar-refractivity contribution >= 4 is 17.8 Å². The van der Waals surface area contributed by atoms with Crippen LogP contribution in [-0.2, 0) is 32.1 Å². The highest BCUT2D eigenvalue weighted by atomic mass is 16.5. The lowest BCUT2D eigenvalue weighted by atomic mass is 10.1. The number of esters is 1. The quantitative estimate of drug-likeness (QED) is 0.434. The molecule has 1 atom stereocenters. The van der Waals surface area contributed by atoms with E-state index >= 15 is 0 Å². The second-order valence-electron chi connectivity index (χ2n) is 9.63. The van der Waals surface area contributed by atoms with Gasteiger partial charge in [0.2, 0.25) is 17.7 Å². The minimum Gasteiger partial charge on any atom is -0.493 e. The summed E-state index contributed by atoms with van der Waals surface area (Å²) in [5.41, 5.74) is 2.16. The van der Waals surface area contributed by atoms with E-state index < -0.39 is 12.0 Å². The van der Waals surface area contributed by atoms with Crippen molar-refractivity contribution < 1.29 is 33.0 Å². The standard InChI is InChI=1S/C30H36N4O7/c1-4-39-28(36)19-34-13-8-14-40-26-16-22(11-12-25(26)38-3)30-33-24(20(2)41-30)17-31-29(37)23(32-27(35)18-34)15-21-9-6-5-7-10-21/h5-7,9-12,16,23H,4,8,13-15,17-19H2,1-3H3,(H,31,37)(H,32,35)/t23-/m1/s1. The van der Waals surface area contributed by atoms with E-state index in [2.05, 4.69) is 15.6 Å². The number of benzene rings is 2. The number of fused-ring (bicyclic) bond motifs is 5. The van der Waals surface area contributed by atoms with Gasteiger partial charge < -0.3 is 29.3 Å². The van der Waals surface area contributed by atoms with E-state index in [1.165, 1.54) is 0 Å². The molecule has 0 aliphatic carbocycles. The highest BCUT2D eigenvalue weighted by Gasteiger charge is 2.24. The van der Waals surface area contributed by atoms with Crippen molar-refractivity contribution in [1.82, 2.24) is 20.5 Å². The molecule has 218 valence electrons. The van der Waals surface area contributed by atoms with Crippen molar-refractivity contribution in [1.29, 1.82) is 0 Å². The third-order valence-corrected chi connectivity index (χ3v) is 6.57. The van der Waals surface area contributed by atoms with E-state index in [-0.39, 0.29) is 38.1 Å². The van der Waals surface area contributed by atoms with Crippen molar-refractivity contribution in [3.8, 4) is 23.0 Å². The molecule has 41 heavy (non-hydrogen) atoms. The van der Waals surface area contributed by atoms with E-state index in [1.807, 2.05) is 36.4 Å². The summed E-state index contributed by atoms with van der Waals surface area (Å²) < 4.78 is 22.5. The van der Waals surface area contributed by atoms with Gasteiger partial charge in [-0.3, -0.25) is 19.3 Å². The van der Waals surface area contributed by atoms with E-state index in [0.29, 0.717) is 60.4 Å². The van der Waals surface area contributed by atoms with E-state index in [9.17, 15) is 14.4 Å². The molecule has 0 unspecified atom stereocenters. The van der Waals surface area contributed by atoms with Gasteiger partial charge in [0.15, 0.2) is 11.5 Å². The molecular weight excluding hydrogens is 528 g/mol. The summed E-state index contributed by atoms with van der Waals surface area (Å²) in [7, 11) is 1.56. The number of aromatic nitrogens is 1. The van der Waals surface area contributed by atoms with Crippen molar-refractivity contribution in [3.63, 3.8) is 0 Å². The number of nitrogens with zero attached hydrogens (tertiary/aromatic N) is 2. The van der Waals surface area contributed by atoms with Crippen LogP contribution < -0.4 is 20.1 Å². The van der Waals surface area contributed by atoms with Gasteiger partial charge in [-0.15, -0.1) is 0 Å². The molecule has 0 fully saturated rings. The molecule has 4 rings (SSSR count). The Morgan fingerprint density at radius 3 is 2.73 bits per heavy atom. The minimum atomic E-state index is -0.840. The fourth-order valence-electron chi connectivity index (χ4n) is 4.51. The molecule has 0 saturated heterocycles. The molecule has 1 aliphatic heterocycles. The van der Waals surface area contributed by atoms with Gasteiger partial charge in [-0.1, -0.05) is 30.3 Å². The summed E-state index contributed by atoms with van der Waals surface area (Å²) in [6, 6.07) is 14.0. The molecule has 2 N–H and O–H groups in total. The number of ether oxygens (including phenoxy) is 3. The number of oxazole rings is 1. The summed E-state index contributed by atoms with van der Waals surface area (Å²) in [6.45, 7) is 4.38. The van der Waals surface area contributed by atoms with E-state index in [1.54, 1.807) is 38.0 Å². The maximum Gasteiger partial charge on any atom is 0.320 e. The Labute approximate surface area is 239 Å². The molecule has 1 aliphatic rings. The largest absolute Gasteiger partial charge is 0.493 e. The zero-order valence-electron chi connectivity index (χ0n) is 23.6. The molecule has 3 aromatic rings. The van der Waals surface area contributed by atoms with Gasteiger partial charge in [0.1, 0.15) is 17.5 Å². The van der Waals surface area contributed by atoms with Gasteiger partial charge in [0.25, 0.3) is 0 Å². The predicted molar refractivity (Wildman–Crippen MR) is 150 cm³/mol. The highest BCUT2D eigenvalue weighted by molar-refractivity contribution is 5.88. The fourth-order valence-corrected chi connectivity index (χ4v) is 4.51. The van der Waals surface area contributed by atoms with E-state index in [4.69, 9.17) is 18.6 Å². The first-order chi connectivity index (χ1) is 19.9. The number of methoxy groups -OCH3 is 1. The van der Waals surface area contributed by atoms with Crippen LogP contribution in [0.15, 0.2) is 52.9 Å². The van der Waals surface area contributed by atoms with Crippen molar-refractivity contribution in [2.24, 2.45) is 0 Å². The van der Waals surface area contributed by atoms with Crippen molar-refractivity contribution in [2.45, 2.75) is 39.3 Å². The average Bonchev–Trinajstić information content (AvgIpc) is 3.33. The molecule has 1 aromatic heterocycles. The van der Waals surface area contributed by atoms with Crippen LogP contribution in [0.5, 0.6) is 11.5 Å². The Morgan fingerprint density at radius 2 is 1.98 bits per heavy atom. The summed E-state index contributed by atoms with van der Waals surface area (Å²) in [6.07, 6.45) is 0.804. The smallest absolute Gasteiger partial charge is 0.320 e. The average molecular weight is 565 g/mol. The van der Waals surface area contributed by atoms with Crippen molar-refractivity contribution in [3.05, 3.63) is 65.5 Å². The maximum absolute atomic E-state index is 13.3. The monoisotopic (exact) mass is 564 g/mol. The van der Waals surface area contributed by atoms with Crippen LogP contribution in [-0.4, -0.2) is 73.7 Å². The lowest BCUT2D eigenvalue weighted by Gasteiger charge is -2.23. The second kappa shape index (κ2) is 14.3. The lowest BCUT2D eigenvalue weighted by Crippen LogP contribution is -2.51.